The Morgan fingerprint density at radius 1 is 1.13 bits per heavy atom. The number of nitrogens with zero attached hydrogens (tertiary/aromatic N) is 3. The van der Waals surface area contributed by atoms with Gasteiger partial charge in [0, 0.05) is 36.2 Å². The van der Waals surface area contributed by atoms with E-state index < -0.39 is 0 Å². The van der Waals surface area contributed by atoms with Crippen LogP contribution in [0.2, 0.25) is 0 Å². The fraction of sp³-hybridized carbons (Fsp3) is 0.333. The van der Waals surface area contributed by atoms with Gasteiger partial charge in [-0.25, -0.2) is 4.98 Å². The molecule has 7 nitrogen and oxygen atoms in total. The lowest BCUT2D eigenvalue weighted by atomic mass is 9.78. The number of amides is 2. The normalized spacial score (nSPS) is 22.7. The number of nitrogens with one attached hydrogen (secondary N) is 2. The fourth-order valence-electron chi connectivity index (χ4n) is 5.05. The maximum Gasteiger partial charge on any atom is 0.253 e. The highest BCUT2D eigenvalue weighted by atomic mass is 16.2. The molecule has 2 N–H and O–H groups in total. The van der Waals surface area contributed by atoms with Gasteiger partial charge in [0.15, 0.2) is 0 Å². The first-order valence-electron chi connectivity index (χ1n) is 10.7. The summed E-state index contributed by atoms with van der Waals surface area (Å²) in [5, 5.41) is 12.3. The molecule has 5 rings (SSSR count). The molecule has 0 bridgehead atoms. The second kappa shape index (κ2) is 7.88. The minimum absolute atomic E-state index is 0.0256. The van der Waals surface area contributed by atoms with Gasteiger partial charge in [-0.2, -0.15) is 5.26 Å². The predicted octanol–water partition coefficient (Wildman–Crippen LogP) is 3.11. The number of carbonyl (C=O) groups is 2. The van der Waals surface area contributed by atoms with Gasteiger partial charge in [0.2, 0.25) is 0 Å². The van der Waals surface area contributed by atoms with Gasteiger partial charge in [-0.1, -0.05) is 12.5 Å². The molecule has 7 heteroatoms. The summed E-state index contributed by atoms with van der Waals surface area (Å²) in [6.07, 6.45) is 4.65. The first kappa shape index (κ1) is 19.3. The van der Waals surface area contributed by atoms with Crippen LogP contribution in [0.3, 0.4) is 0 Å². The number of aromatic amines is 1. The van der Waals surface area contributed by atoms with Gasteiger partial charge >= 0.3 is 0 Å². The minimum atomic E-state index is -0.155. The van der Waals surface area contributed by atoms with E-state index in [1.165, 1.54) is 0 Å². The van der Waals surface area contributed by atoms with Crippen molar-refractivity contribution in [1.82, 2.24) is 20.2 Å². The van der Waals surface area contributed by atoms with Crippen LogP contribution in [0.15, 0.2) is 48.8 Å². The molecule has 2 heterocycles. The molecule has 1 saturated carbocycles. The zero-order chi connectivity index (χ0) is 21.4. The van der Waals surface area contributed by atoms with Gasteiger partial charge in [0.05, 0.1) is 29.0 Å². The van der Waals surface area contributed by atoms with E-state index in [1.54, 1.807) is 30.6 Å². The Kier molecular flexibility index (Phi) is 4.91. The van der Waals surface area contributed by atoms with Crippen molar-refractivity contribution in [3.05, 3.63) is 65.5 Å². The zero-order valence-electron chi connectivity index (χ0n) is 17.0. The number of H-pyrrole nitrogens is 1. The van der Waals surface area contributed by atoms with Crippen LogP contribution >= 0.6 is 0 Å². The predicted molar refractivity (Wildman–Crippen MR) is 115 cm³/mol. The average Bonchev–Trinajstić information content (AvgIpc) is 3.45. The first-order valence-corrected chi connectivity index (χ1v) is 10.7. The Balaban J connectivity index is 1.30. The SMILES string of the molecule is N#Cc1cccc(C(=O)N[C@H]2CCC[C@H]3CN(C(=O)c4ccc5nc[nH]c5c4)C[C@H]32)c1. The number of imidazole rings is 1. The van der Waals surface area contributed by atoms with Crippen LogP contribution in [0.25, 0.3) is 11.0 Å². The molecule has 3 atom stereocenters. The molecule has 0 spiro atoms. The third-order valence-electron chi connectivity index (χ3n) is 6.62. The molecular formula is C24H23N5O2. The van der Waals surface area contributed by atoms with Crippen LogP contribution in [-0.2, 0) is 0 Å². The lowest BCUT2D eigenvalue weighted by molar-refractivity contribution is 0.0782. The molecule has 0 radical (unpaired) electrons. The van der Waals surface area contributed by atoms with E-state index in [-0.39, 0.29) is 23.8 Å². The van der Waals surface area contributed by atoms with Crippen molar-refractivity contribution in [3.63, 3.8) is 0 Å². The topological polar surface area (TPSA) is 102 Å². The molecule has 1 aliphatic carbocycles. The van der Waals surface area contributed by atoms with E-state index in [0.29, 0.717) is 29.2 Å². The molecule has 1 aliphatic heterocycles. The number of rotatable bonds is 3. The van der Waals surface area contributed by atoms with Gasteiger partial charge in [-0.15, -0.1) is 0 Å². The molecule has 2 aliphatic rings. The molecule has 3 aromatic rings. The van der Waals surface area contributed by atoms with Crippen molar-refractivity contribution in [2.45, 2.75) is 25.3 Å². The molecule has 0 unspecified atom stereocenters. The zero-order valence-corrected chi connectivity index (χ0v) is 17.0. The molecule has 2 fully saturated rings. The summed E-state index contributed by atoms with van der Waals surface area (Å²) in [6.45, 7) is 1.37. The number of benzene rings is 2. The van der Waals surface area contributed by atoms with Gasteiger partial charge in [-0.05, 0) is 55.2 Å². The number of hydrogen-bond acceptors (Lipinski definition) is 4. The Morgan fingerprint density at radius 3 is 2.90 bits per heavy atom. The van der Waals surface area contributed by atoms with Gasteiger partial charge in [0.1, 0.15) is 0 Å². The largest absolute Gasteiger partial charge is 0.349 e. The summed E-state index contributed by atoms with van der Waals surface area (Å²) in [5.74, 6) is 0.510. The maximum absolute atomic E-state index is 13.2. The van der Waals surface area contributed by atoms with E-state index in [4.69, 9.17) is 5.26 Å². The second-order valence-corrected chi connectivity index (χ2v) is 8.47. The van der Waals surface area contributed by atoms with Crippen LogP contribution in [0.1, 0.15) is 45.5 Å². The highest BCUT2D eigenvalue weighted by molar-refractivity contribution is 5.97. The molecule has 2 amide bonds. The number of likely N-dealkylation sites (tertiary alicyclic amines) is 1. The standard InChI is InChI=1S/C24H23N5O2/c25-11-15-3-1-4-16(9-15)23(30)28-20-6-2-5-18-12-29(13-19(18)20)24(31)17-7-8-21-22(10-17)27-14-26-21/h1,3-4,7-10,14,18-20H,2,5-6,12-13H2,(H,26,27)(H,28,30)/t18-,19+,20-/m0/s1. The molecule has 31 heavy (non-hydrogen) atoms. The first-order chi connectivity index (χ1) is 15.1. The Morgan fingerprint density at radius 2 is 2.03 bits per heavy atom. The summed E-state index contributed by atoms with van der Waals surface area (Å²) in [7, 11) is 0. The van der Waals surface area contributed by atoms with Crippen molar-refractivity contribution in [2.24, 2.45) is 11.8 Å². The summed E-state index contributed by atoms with van der Waals surface area (Å²) in [5.41, 5.74) is 3.33. The van der Waals surface area contributed by atoms with E-state index in [1.807, 2.05) is 23.1 Å². The quantitative estimate of drug-likeness (QED) is 0.689. The minimum Gasteiger partial charge on any atom is -0.349 e. The Bertz CT molecular complexity index is 1190. The molecule has 1 saturated heterocycles. The smallest absolute Gasteiger partial charge is 0.253 e. The van der Waals surface area contributed by atoms with Crippen molar-refractivity contribution < 1.29 is 9.59 Å². The highest BCUT2D eigenvalue weighted by Gasteiger charge is 2.42. The summed E-state index contributed by atoms with van der Waals surface area (Å²) < 4.78 is 0. The number of nitriles is 1. The van der Waals surface area contributed by atoms with Gasteiger partial charge in [-0.3, -0.25) is 9.59 Å². The average molecular weight is 413 g/mol. The van der Waals surface area contributed by atoms with Crippen LogP contribution < -0.4 is 5.32 Å². The van der Waals surface area contributed by atoms with Crippen molar-refractivity contribution in [3.8, 4) is 6.07 Å². The Labute approximate surface area is 180 Å². The van der Waals surface area contributed by atoms with E-state index in [9.17, 15) is 9.59 Å². The third kappa shape index (κ3) is 3.66. The van der Waals surface area contributed by atoms with Crippen LogP contribution in [0.5, 0.6) is 0 Å². The van der Waals surface area contributed by atoms with Gasteiger partial charge in [0.25, 0.3) is 11.8 Å². The van der Waals surface area contributed by atoms with Crippen molar-refractivity contribution in [2.75, 3.05) is 13.1 Å². The molecule has 1 aromatic heterocycles. The van der Waals surface area contributed by atoms with Crippen molar-refractivity contribution >= 4 is 22.8 Å². The van der Waals surface area contributed by atoms with Crippen LogP contribution in [0.4, 0.5) is 0 Å². The molecular weight excluding hydrogens is 390 g/mol. The van der Waals surface area contributed by atoms with Crippen LogP contribution in [-0.4, -0.2) is 45.8 Å². The van der Waals surface area contributed by atoms with Crippen molar-refractivity contribution in [1.29, 1.82) is 5.26 Å². The number of aromatic nitrogens is 2. The highest BCUT2D eigenvalue weighted by Crippen LogP contribution is 2.37. The monoisotopic (exact) mass is 413 g/mol. The number of hydrogen-bond donors (Lipinski definition) is 2. The maximum atomic E-state index is 13.2. The fourth-order valence-corrected chi connectivity index (χ4v) is 5.05. The summed E-state index contributed by atoms with van der Waals surface area (Å²) in [6, 6.07) is 14.4. The molecule has 156 valence electrons. The van der Waals surface area contributed by atoms with Crippen LogP contribution in [0, 0.1) is 23.2 Å². The van der Waals surface area contributed by atoms with E-state index in [2.05, 4.69) is 21.4 Å². The lowest BCUT2D eigenvalue weighted by Gasteiger charge is -2.33. The number of carbonyl (C=O) groups excluding carboxylic acids is 2. The second-order valence-electron chi connectivity index (χ2n) is 8.47. The van der Waals surface area contributed by atoms with Gasteiger partial charge < -0.3 is 15.2 Å². The summed E-state index contributed by atoms with van der Waals surface area (Å²) in [4.78, 5) is 35.1. The Hall–Kier alpha value is -3.66. The van der Waals surface area contributed by atoms with E-state index in [0.717, 1.165) is 36.8 Å². The summed E-state index contributed by atoms with van der Waals surface area (Å²) >= 11 is 0. The lowest BCUT2D eigenvalue weighted by Crippen LogP contribution is -2.45. The third-order valence-corrected chi connectivity index (χ3v) is 6.62. The number of fused-ring (bicyclic) bond motifs is 2. The van der Waals surface area contributed by atoms with E-state index >= 15 is 0 Å². The molecule has 2 aromatic carbocycles.